The molecular weight excluding hydrogens is 1530 g/mol. The molecular formula is C92H167N11O17. The van der Waals surface area contributed by atoms with E-state index in [1.807, 2.05) is 90.0 Å². The van der Waals surface area contributed by atoms with Crippen LogP contribution in [0.4, 0.5) is 0 Å². The number of ether oxygens (including phenoxy) is 2. The standard InChI is InChI=1S/C92H167N11O17/c1-14-119-64-65-120-63-39-52-77(107)73(101-88(118)76(103-85(115)72(96)47-20-16-18-42-69(105)44-22-25-54-79(109)90(5,6)7)51-33-37-60-97-84(114)71(95)46-19-15-17-41-68(104)43-21-24-53-78(108)89(2,3)4)48-31-36-61-99-87(117)75(102-83(113)67(40-29-34-58-93)66-70(106)45-23-26-55-80(110)91(8,9)10)50-32-38-62-98-86(116)74(49-30-35-59-94)100-82(112)57-28-27-56-81(111)92(11,12)13/h67,71-76H,14-66,93-96H2,1-13H3,(H,97,114)(H,98,116)(H,99,117)(H,100,112)(H,101,118)(H,102,113)(H,103,115). The topological polar surface area (TPSA) is 463 Å². The Labute approximate surface area is 721 Å². The Kier molecular flexibility index (Phi) is 62.4. The number of nitrogens with one attached hydrogen (secondary N) is 7. The van der Waals surface area contributed by atoms with Crippen LogP contribution in [0.1, 0.15) is 373 Å². The molecule has 0 saturated carbocycles. The third-order valence-corrected chi connectivity index (χ3v) is 21.7. The number of hydrogen-bond donors (Lipinski definition) is 11. The summed E-state index contributed by atoms with van der Waals surface area (Å²) in [6.45, 7) is 27.0. The second-order valence-corrected chi connectivity index (χ2v) is 37.1. The molecule has 15 N–H and O–H groups in total. The highest BCUT2D eigenvalue weighted by Crippen LogP contribution is 2.25. The van der Waals surface area contributed by atoms with Crippen molar-refractivity contribution in [2.45, 2.75) is 409 Å². The van der Waals surface area contributed by atoms with Gasteiger partial charge >= 0.3 is 0 Å². The van der Waals surface area contributed by atoms with Crippen LogP contribution in [-0.2, 0) is 81.4 Å². The van der Waals surface area contributed by atoms with E-state index < -0.39 is 87.5 Å². The first-order chi connectivity index (χ1) is 56.6. The van der Waals surface area contributed by atoms with Crippen molar-refractivity contribution in [2.75, 3.05) is 59.2 Å². The lowest BCUT2D eigenvalue weighted by Crippen LogP contribution is -2.54. The number of unbranched alkanes of at least 4 members (excludes halogenated alkanes) is 13. The van der Waals surface area contributed by atoms with Crippen LogP contribution >= 0.6 is 0 Å². The molecule has 28 nitrogen and oxygen atoms in total. The molecule has 7 amide bonds. The van der Waals surface area contributed by atoms with Crippen LogP contribution in [0.2, 0.25) is 0 Å². The summed E-state index contributed by atoms with van der Waals surface area (Å²) in [6.07, 6.45) is 18.5. The fraction of sp³-hybridized carbons (Fsp3) is 0.837. The molecule has 7 atom stereocenters. The predicted octanol–water partition coefficient (Wildman–Crippen LogP) is 11.4. The molecule has 0 aromatic heterocycles. The third kappa shape index (κ3) is 58.5. The molecule has 0 aromatic rings. The van der Waals surface area contributed by atoms with E-state index in [0.717, 1.165) is 6.42 Å². The summed E-state index contributed by atoms with van der Waals surface area (Å²) in [5, 5.41) is 20.4. The van der Waals surface area contributed by atoms with E-state index >= 15 is 0 Å². The number of hydrogen-bond acceptors (Lipinski definition) is 21. The van der Waals surface area contributed by atoms with Crippen molar-refractivity contribution in [1.29, 1.82) is 0 Å². The molecule has 0 bridgehead atoms. The first-order valence-corrected chi connectivity index (χ1v) is 45.9. The normalized spacial score (nSPS) is 13.6. The van der Waals surface area contributed by atoms with Gasteiger partial charge in [-0.05, 0) is 193 Å². The van der Waals surface area contributed by atoms with Gasteiger partial charge in [0, 0.05) is 137 Å². The van der Waals surface area contributed by atoms with Crippen molar-refractivity contribution >= 4 is 87.6 Å². The Hall–Kier alpha value is -6.59. The number of nitrogens with two attached hydrogens (primary N) is 4. The van der Waals surface area contributed by atoms with Gasteiger partial charge in [0.25, 0.3) is 0 Å². The average molecular weight is 1700 g/mol. The minimum absolute atomic E-state index is 0.0318. The molecule has 0 heterocycles. The minimum Gasteiger partial charge on any atom is -0.379 e. The van der Waals surface area contributed by atoms with Crippen molar-refractivity contribution in [1.82, 2.24) is 37.2 Å². The highest BCUT2D eigenvalue weighted by molar-refractivity contribution is 5.94. The van der Waals surface area contributed by atoms with Gasteiger partial charge in [0.2, 0.25) is 41.4 Å². The molecule has 0 fully saturated rings. The summed E-state index contributed by atoms with van der Waals surface area (Å²) < 4.78 is 11.1. The first kappa shape index (κ1) is 113. The summed E-state index contributed by atoms with van der Waals surface area (Å²) in [4.78, 5) is 200. The van der Waals surface area contributed by atoms with Gasteiger partial charge in [0.15, 0.2) is 5.78 Å². The van der Waals surface area contributed by atoms with Crippen LogP contribution in [0.15, 0.2) is 0 Å². The van der Waals surface area contributed by atoms with Crippen molar-refractivity contribution in [2.24, 2.45) is 50.5 Å². The second-order valence-electron chi connectivity index (χ2n) is 37.1. The lowest BCUT2D eigenvalue weighted by Gasteiger charge is -2.24. The SMILES string of the molecule is CCOCCOCCCC(=O)C(CCCCNC(=O)C(CCCCNC(=O)C(CCCCN)NC(=O)CCCCC(=O)C(C)(C)C)NC(=O)C(CCCCN)CC(=O)CCCCC(=O)C(C)(C)C)NC(=O)C(CCCCNC(=O)C(N)CCCCCC(=O)CCCCC(=O)C(C)(C)C)NC(=O)C(N)CCCCCC(=O)CCCCC(=O)C(C)(C)C. The van der Waals surface area contributed by atoms with E-state index in [4.69, 9.17) is 32.4 Å². The molecule has 692 valence electrons. The fourth-order valence-electron chi connectivity index (χ4n) is 13.4. The van der Waals surface area contributed by atoms with Gasteiger partial charge in [-0.2, -0.15) is 0 Å². The number of ketones is 8. The van der Waals surface area contributed by atoms with E-state index in [-0.39, 0.29) is 142 Å². The molecule has 0 aliphatic carbocycles. The zero-order chi connectivity index (χ0) is 90.5. The summed E-state index contributed by atoms with van der Waals surface area (Å²) >= 11 is 0. The maximum absolute atomic E-state index is 14.7. The van der Waals surface area contributed by atoms with Gasteiger partial charge in [-0.25, -0.2) is 0 Å². The van der Waals surface area contributed by atoms with E-state index in [1.54, 1.807) is 0 Å². The Bertz CT molecular complexity index is 3030. The number of rotatable bonds is 76. The Morgan fingerprint density at radius 1 is 0.283 bits per heavy atom. The van der Waals surface area contributed by atoms with Crippen LogP contribution < -0.4 is 60.2 Å². The number of Topliss-reactive ketones (excluding diaryl/α,β-unsaturated/α-hetero) is 8. The molecule has 0 aliphatic rings. The van der Waals surface area contributed by atoms with Crippen molar-refractivity contribution in [3.63, 3.8) is 0 Å². The number of amides is 7. The summed E-state index contributed by atoms with van der Waals surface area (Å²) in [5.74, 6) is -3.65. The van der Waals surface area contributed by atoms with Gasteiger partial charge < -0.3 is 69.6 Å². The van der Waals surface area contributed by atoms with E-state index in [9.17, 15) is 71.9 Å². The first-order valence-electron chi connectivity index (χ1n) is 45.9. The summed E-state index contributed by atoms with van der Waals surface area (Å²) in [5.41, 5.74) is 22.6. The molecule has 7 unspecified atom stereocenters. The largest absolute Gasteiger partial charge is 0.379 e. The maximum atomic E-state index is 14.7. The fourth-order valence-corrected chi connectivity index (χ4v) is 13.4. The van der Waals surface area contributed by atoms with Crippen molar-refractivity contribution < 1.29 is 81.4 Å². The lowest BCUT2D eigenvalue weighted by molar-refractivity contribution is -0.133. The van der Waals surface area contributed by atoms with Gasteiger partial charge in [0.05, 0.1) is 31.3 Å². The van der Waals surface area contributed by atoms with Crippen LogP contribution in [0.3, 0.4) is 0 Å². The Balaban J connectivity index is 6.76. The monoisotopic (exact) mass is 1700 g/mol. The summed E-state index contributed by atoms with van der Waals surface area (Å²) in [6, 6.07) is -5.92. The predicted molar refractivity (Wildman–Crippen MR) is 473 cm³/mol. The molecule has 120 heavy (non-hydrogen) atoms. The van der Waals surface area contributed by atoms with Gasteiger partial charge in [-0.1, -0.05) is 115 Å². The smallest absolute Gasteiger partial charge is 0.243 e. The van der Waals surface area contributed by atoms with Gasteiger partial charge in [-0.15, -0.1) is 0 Å². The van der Waals surface area contributed by atoms with E-state index in [1.165, 1.54) is 0 Å². The Morgan fingerprint density at radius 2 is 0.608 bits per heavy atom. The zero-order valence-electron chi connectivity index (χ0n) is 76.8. The van der Waals surface area contributed by atoms with Crippen molar-refractivity contribution in [3.8, 4) is 0 Å². The quantitative estimate of drug-likeness (QED) is 0.0252. The number of carbonyl (C=O) groups excluding carboxylic acids is 15. The summed E-state index contributed by atoms with van der Waals surface area (Å²) in [7, 11) is 0. The van der Waals surface area contributed by atoms with Crippen LogP contribution in [0, 0.1) is 27.6 Å². The van der Waals surface area contributed by atoms with E-state index in [0.29, 0.717) is 258 Å². The highest BCUT2D eigenvalue weighted by atomic mass is 16.5. The molecule has 0 radical (unpaired) electrons. The Morgan fingerprint density at radius 3 is 1.03 bits per heavy atom. The second kappa shape index (κ2) is 66.0. The molecule has 0 spiro atoms. The highest BCUT2D eigenvalue weighted by Gasteiger charge is 2.32. The van der Waals surface area contributed by atoms with Crippen LogP contribution in [0.25, 0.3) is 0 Å². The van der Waals surface area contributed by atoms with Crippen molar-refractivity contribution in [3.05, 3.63) is 0 Å². The van der Waals surface area contributed by atoms with Crippen LogP contribution in [-0.4, -0.2) is 183 Å². The molecule has 0 saturated heterocycles. The van der Waals surface area contributed by atoms with E-state index in [2.05, 4.69) is 37.2 Å². The molecule has 0 aromatic carbocycles. The molecule has 0 aliphatic heterocycles. The third-order valence-electron chi connectivity index (χ3n) is 21.7. The molecule has 28 heteroatoms. The maximum Gasteiger partial charge on any atom is 0.243 e. The average Bonchev–Trinajstić information content (AvgIpc) is 0.877. The lowest BCUT2D eigenvalue weighted by atomic mass is 9.87. The van der Waals surface area contributed by atoms with Gasteiger partial charge in [0.1, 0.15) is 58.6 Å². The molecule has 0 rings (SSSR count). The number of carbonyl (C=O) groups is 15. The van der Waals surface area contributed by atoms with Gasteiger partial charge in [-0.3, -0.25) is 71.9 Å². The minimum atomic E-state index is -1.16. The zero-order valence-corrected chi connectivity index (χ0v) is 76.8. The van der Waals surface area contributed by atoms with Crippen LogP contribution in [0.5, 0.6) is 0 Å².